The smallest absolute Gasteiger partial charge is 0.159 e. The molecule has 0 radical (unpaired) electrons. The standard InChI is InChI=1S/C10H12N2O/c1-7(13)8-3-4-10-9(5-8)6-11-12(10)2/h3-5,11H,6H2,1-2H3. The Morgan fingerprint density at radius 1 is 1.54 bits per heavy atom. The van der Waals surface area contributed by atoms with E-state index in [1.807, 2.05) is 30.3 Å². The first-order valence-corrected chi connectivity index (χ1v) is 4.29. The SMILES string of the molecule is CC(=O)c1ccc2c(c1)CNN2C. The molecule has 0 aromatic heterocycles. The first kappa shape index (κ1) is 8.26. The highest BCUT2D eigenvalue weighted by molar-refractivity contribution is 5.94. The number of benzene rings is 1. The lowest BCUT2D eigenvalue weighted by molar-refractivity contribution is 0.101. The Morgan fingerprint density at radius 2 is 2.31 bits per heavy atom. The summed E-state index contributed by atoms with van der Waals surface area (Å²) in [6.45, 7) is 2.40. The number of carbonyl (C=O) groups excluding carboxylic acids is 1. The quantitative estimate of drug-likeness (QED) is 0.655. The van der Waals surface area contributed by atoms with Gasteiger partial charge in [0, 0.05) is 19.2 Å². The van der Waals surface area contributed by atoms with Crippen LogP contribution in [0.25, 0.3) is 0 Å². The molecule has 3 heteroatoms. The third-order valence-electron chi connectivity index (χ3n) is 2.35. The second-order valence-electron chi connectivity index (χ2n) is 3.29. The number of fused-ring (bicyclic) bond motifs is 1. The number of anilines is 1. The number of carbonyl (C=O) groups is 1. The molecular weight excluding hydrogens is 164 g/mol. The van der Waals surface area contributed by atoms with E-state index in [0.29, 0.717) is 0 Å². The van der Waals surface area contributed by atoms with Crippen LogP contribution in [0.3, 0.4) is 0 Å². The van der Waals surface area contributed by atoms with E-state index in [-0.39, 0.29) is 5.78 Å². The molecule has 68 valence electrons. The predicted molar refractivity (Wildman–Crippen MR) is 51.7 cm³/mol. The summed E-state index contributed by atoms with van der Waals surface area (Å²) in [6, 6.07) is 5.80. The molecule has 2 rings (SSSR count). The summed E-state index contributed by atoms with van der Waals surface area (Å²) < 4.78 is 0. The zero-order valence-electron chi connectivity index (χ0n) is 7.79. The van der Waals surface area contributed by atoms with Crippen molar-refractivity contribution in [2.75, 3.05) is 12.1 Å². The van der Waals surface area contributed by atoms with Crippen LogP contribution in [-0.4, -0.2) is 12.8 Å². The van der Waals surface area contributed by atoms with Crippen molar-refractivity contribution in [3.63, 3.8) is 0 Å². The number of Topliss-reactive ketones (excluding diaryl/α,β-unsaturated/α-hetero) is 1. The topological polar surface area (TPSA) is 32.3 Å². The fourth-order valence-electron chi connectivity index (χ4n) is 1.56. The minimum absolute atomic E-state index is 0.123. The zero-order valence-corrected chi connectivity index (χ0v) is 7.79. The fraction of sp³-hybridized carbons (Fsp3) is 0.300. The molecule has 1 heterocycles. The van der Waals surface area contributed by atoms with Gasteiger partial charge in [-0.05, 0) is 30.7 Å². The lowest BCUT2D eigenvalue weighted by atomic mass is 10.1. The first-order valence-electron chi connectivity index (χ1n) is 4.29. The number of hydrogen-bond donors (Lipinski definition) is 1. The van der Waals surface area contributed by atoms with Gasteiger partial charge in [0.2, 0.25) is 0 Å². The molecule has 0 aliphatic carbocycles. The Morgan fingerprint density at radius 3 is 3.00 bits per heavy atom. The summed E-state index contributed by atoms with van der Waals surface area (Å²) in [5, 5.41) is 1.97. The van der Waals surface area contributed by atoms with E-state index in [9.17, 15) is 4.79 Å². The molecule has 0 spiro atoms. The Bertz CT molecular complexity index is 360. The van der Waals surface area contributed by atoms with Gasteiger partial charge in [-0.15, -0.1) is 0 Å². The molecule has 1 aromatic carbocycles. The molecule has 3 nitrogen and oxygen atoms in total. The van der Waals surface area contributed by atoms with Gasteiger partial charge < -0.3 is 5.01 Å². The molecule has 0 amide bonds. The molecule has 0 atom stereocenters. The molecule has 0 saturated heterocycles. The first-order chi connectivity index (χ1) is 6.18. The van der Waals surface area contributed by atoms with Gasteiger partial charge in [0.1, 0.15) is 0 Å². The van der Waals surface area contributed by atoms with Gasteiger partial charge in [-0.1, -0.05) is 0 Å². The second-order valence-corrected chi connectivity index (χ2v) is 3.29. The summed E-state index contributed by atoms with van der Waals surface area (Å²) in [5.74, 6) is 0.123. The predicted octanol–water partition coefficient (Wildman–Crippen LogP) is 1.34. The number of rotatable bonds is 1. The van der Waals surface area contributed by atoms with Crippen LogP contribution in [0.1, 0.15) is 22.8 Å². The van der Waals surface area contributed by atoms with Gasteiger partial charge in [-0.3, -0.25) is 4.79 Å². The van der Waals surface area contributed by atoms with Crippen LogP contribution in [0, 0.1) is 0 Å². The van der Waals surface area contributed by atoms with E-state index in [2.05, 4.69) is 5.43 Å². The van der Waals surface area contributed by atoms with Crippen LogP contribution in [-0.2, 0) is 6.54 Å². The molecule has 0 saturated carbocycles. The summed E-state index contributed by atoms with van der Waals surface area (Å²) in [6.07, 6.45) is 0. The molecule has 1 aromatic rings. The Hall–Kier alpha value is -1.35. The lowest BCUT2D eigenvalue weighted by Gasteiger charge is -2.11. The van der Waals surface area contributed by atoms with Crippen molar-refractivity contribution in [1.82, 2.24) is 5.43 Å². The van der Waals surface area contributed by atoms with Gasteiger partial charge >= 0.3 is 0 Å². The molecule has 1 aliphatic rings. The third kappa shape index (κ3) is 1.31. The van der Waals surface area contributed by atoms with E-state index in [0.717, 1.165) is 17.8 Å². The number of nitrogens with one attached hydrogen (secondary N) is 1. The van der Waals surface area contributed by atoms with Gasteiger partial charge in [0.15, 0.2) is 5.78 Å². The van der Waals surface area contributed by atoms with E-state index in [4.69, 9.17) is 0 Å². The van der Waals surface area contributed by atoms with E-state index in [1.165, 1.54) is 5.56 Å². The van der Waals surface area contributed by atoms with Crippen LogP contribution in [0.5, 0.6) is 0 Å². The van der Waals surface area contributed by atoms with Crippen LogP contribution in [0.2, 0.25) is 0 Å². The van der Waals surface area contributed by atoms with E-state index >= 15 is 0 Å². The van der Waals surface area contributed by atoms with Crippen molar-refractivity contribution >= 4 is 11.5 Å². The van der Waals surface area contributed by atoms with Crippen molar-refractivity contribution in [2.45, 2.75) is 13.5 Å². The molecule has 1 N–H and O–H groups in total. The van der Waals surface area contributed by atoms with Crippen molar-refractivity contribution in [2.24, 2.45) is 0 Å². The normalized spacial score (nSPS) is 14.5. The summed E-state index contributed by atoms with van der Waals surface area (Å²) in [4.78, 5) is 11.1. The maximum absolute atomic E-state index is 11.1. The second kappa shape index (κ2) is 2.85. The van der Waals surface area contributed by atoms with Crippen molar-refractivity contribution in [3.05, 3.63) is 29.3 Å². The van der Waals surface area contributed by atoms with Crippen LogP contribution >= 0.6 is 0 Å². The van der Waals surface area contributed by atoms with Gasteiger partial charge in [0.25, 0.3) is 0 Å². The van der Waals surface area contributed by atoms with Gasteiger partial charge in [-0.2, -0.15) is 0 Å². The van der Waals surface area contributed by atoms with Crippen LogP contribution in [0.15, 0.2) is 18.2 Å². The molecule has 1 aliphatic heterocycles. The maximum atomic E-state index is 11.1. The van der Waals surface area contributed by atoms with Crippen molar-refractivity contribution in [1.29, 1.82) is 0 Å². The highest BCUT2D eigenvalue weighted by Crippen LogP contribution is 2.24. The Balaban J connectivity index is 2.45. The molecule has 0 bridgehead atoms. The summed E-state index contributed by atoms with van der Waals surface area (Å²) in [7, 11) is 1.97. The number of hydrazine groups is 1. The minimum atomic E-state index is 0.123. The third-order valence-corrected chi connectivity index (χ3v) is 2.35. The average Bonchev–Trinajstić information content (AvgIpc) is 2.47. The molecule has 0 unspecified atom stereocenters. The lowest BCUT2D eigenvalue weighted by Crippen LogP contribution is -2.26. The van der Waals surface area contributed by atoms with E-state index < -0.39 is 0 Å². The highest BCUT2D eigenvalue weighted by atomic mass is 16.1. The molecule has 13 heavy (non-hydrogen) atoms. The molecular formula is C10H12N2O. The fourth-order valence-corrected chi connectivity index (χ4v) is 1.56. The zero-order chi connectivity index (χ0) is 9.42. The van der Waals surface area contributed by atoms with Crippen LogP contribution in [0.4, 0.5) is 5.69 Å². The average molecular weight is 176 g/mol. The minimum Gasteiger partial charge on any atom is -0.311 e. The van der Waals surface area contributed by atoms with Crippen LogP contribution < -0.4 is 10.4 Å². The number of nitrogens with zero attached hydrogens (tertiary/aromatic N) is 1. The number of ketones is 1. The summed E-state index contributed by atoms with van der Waals surface area (Å²) >= 11 is 0. The van der Waals surface area contributed by atoms with Crippen molar-refractivity contribution in [3.8, 4) is 0 Å². The maximum Gasteiger partial charge on any atom is 0.159 e. The Kier molecular flexibility index (Phi) is 1.81. The van der Waals surface area contributed by atoms with E-state index in [1.54, 1.807) is 6.92 Å². The molecule has 0 fully saturated rings. The Labute approximate surface area is 77.3 Å². The summed E-state index contributed by atoms with van der Waals surface area (Å²) in [5.41, 5.74) is 6.31. The number of hydrogen-bond acceptors (Lipinski definition) is 3. The highest BCUT2D eigenvalue weighted by Gasteiger charge is 2.15. The van der Waals surface area contributed by atoms with Gasteiger partial charge in [0.05, 0.1) is 5.69 Å². The van der Waals surface area contributed by atoms with Gasteiger partial charge in [-0.25, -0.2) is 5.43 Å². The monoisotopic (exact) mass is 176 g/mol. The van der Waals surface area contributed by atoms with Crippen molar-refractivity contribution < 1.29 is 4.79 Å². The largest absolute Gasteiger partial charge is 0.311 e.